The monoisotopic (exact) mass is 834 g/mol. The van der Waals surface area contributed by atoms with Gasteiger partial charge in [0.25, 0.3) is 11.5 Å². The van der Waals surface area contributed by atoms with E-state index in [1.54, 1.807) is 18.9 Å². The third-order valence-corrected chi connectivity index (χ3v) is 17.4. The third kappa shape index (κ3) is 6.86. The standard InChI is InChI=1S/C48H50N6O6Si/c1-31-45(61(4,5)37-21-18-35(58-2)19-22-37)44(24-25-52-29-42(49-51-52)39(30-55)33-13-7-6-8-14-33)60-48(31)40-27-36(59-3)20-23-43(40)53(47(48)57)28-32-12-11-15-34(26-32)54-46(56)38-16-9-10-17-41(38)50-54/h6-23,26-27,29,31,39,44-45,50,55H,24-25,28,30H2,1-5H3/t31-,39?,44+,45-,48+/m0/s1. The van der Waals surface area contributed by atoms with Gasteiger partial charge in [-0.3, -0.25) is 19.4 Å². The summed E-state index contributed by atoms with van der Waals surface area (Å²) >= 11 is 0. The van der Waals surface area contributed by atoms with Gasteiger partial charge in [0.2, 0.25) is 0 Å². The Bertz CT molecular complexity index is 2770. The zero-order valence-electron chi connectivity index (χ0n) is 35.0. The van der Waals surface area contributed by atoms with Gasteiger partial charge < -0.3 is 24.2 Å². The van der Waals surface area contributed by atoms with Gasteiger partial charge in [-0.25, -0.2) is 4.68 Å². The molecule has 1 spiro atoms. The zero-order chi connectivity index (χ0) is 42.5. The molecule has 1 unspecified atom stereocenters. The molecule has 2 aliphatic rings. The molecule has 1 fully saturated rings. The molecule has 2 aliphatic heterocycles. The molecule has 2 aromatic heterocycles. The van der Waals surface area contributed by atoms with Crippen molar-refractivity contribution in [3.05, 3.63) is 160 Å². The molecule has 1 amide bonds. The van der Waals surface area contributed by atoms with Crippen LogP contribution in [0.25, 0.3) is 16.6 Å². The van der Waals surface area contributed by atoms with E-state index in [-0.39, 0.29) is 48.1 Å². The number of anilines is 1. The van der Waals surface area contributed by atoms with Crippen LogP contribution in [0.3, 0.4) is 0 Å². The maximum absolute atomic E-state index is 15.5. The predicted molar refractivity (Wildman–Crippen MR) is 238 cm³/mol. The van der Waals surface area contributed by atoms with Crippen LogP contribution >= 0.6 is 0 Å². The van der Waals surface area contributed by atoms with Crippen molar-refractivity contribution in [3.63, 3.8) is 0 Å². The van der Waals surface area contributed by atoms with Gasteiger partial charge in [-0.1, -0.05) is 97.1 Å². The molecule has 0 saturated carbocycles. The van der Waals surface area contributed by atoms with Crippen LogP contribution in [0.15, 0.2) is 132 Å². The summed E-state index contributed by atoms with van der Waals surface area (Å²) in [5.74, 6) is 0.775. The van der Waals surface area contributed by atoms with Crippen LogP contribution < -0.4 is 25.1 Å². The number of benzene rings is 5. The molecule has 0 aliphatic carbocycles. The molecule has 4 heterocycles. The minimum Gasteiger partial charge on any atom is -0.497 e. The van der Waals surface area contributed by atoms with E-state index in [1.165, 1.54) is 5.19 Å². The van der Waals surface area contributed by atoms with Crippen molar-refractivity contribution in [1.82, 2.24) is 24.8 Å². The summed E-state index contributed by atoms with van der Waals surface area (Å²) in [5, 5.41) is 24.4. The fourth-order valence-electron chi connectivity index (χ4n) is 9.96. The average Bonchev–Trinajstić information content (AvgIpc) is 4.03. The Hall–Kier alpha value is -6.28. The van der Waals surface area contributed by atoms with Gasteiger partial charge in [-0.15, -0.1) is 5.10 Å². The number of nitrogens with one attached hydrogen (secondary N) is 1. The van der Waals surface area contributed by atoms with Crippen LogP contribution in [0.2, 0.25) is 18.6 Å². The number of aromatic nitrogens is 5. The van der Waals surface area contributed by atoms with Crippen LogP contribution in [0, 0.1) is 5.92 Å². The van der Waals surface area contributed by atoms with E-state index in [1.807, 2.05) is 125 Å². The number of amides is 1. The molecule has 1 saturated heterocycles. The number of hydrogen-bond acceptors (Lipinski definition) is 8. The maximum Gasteiger partial charge on any atom is 0.279 e. The number of aromatic amines is 1. The predicted octanol–water partition coefficient (Wildman–Crippen LogP) is 6.90. The summed E-state index contributed by atoms with van der Waals surface area (Å²) in [6.45, 7) is 7.58. The van der Waals surface area contributed by atoms with Crippen molar-refractivity contribution in [2.24, 2.45) is 5.92 Å². The molecule has 7 aromatic rings. The number of aliphatic hydroxyl groups is 1. The van der Waals surface area contributed by atoms with E-state index in [2.05, 4.69) is 47.6 Å². The fraction of sp³-hybridized carbons (Fsp3) is 0.292. The molecule has 61 heavy (non-hydrogen) atoms. The molecule has 2 N–H and O–H groups in total. The normalized spacial score (nSPS) is 20.4. The second kappa shape index (κ2) is 16.0. The van der Waals surface area contributed by atoms with Crippen molar-refractivity contribution in [2.45, 2.75) is 62.7 Å². The minimum absolute atomic E-state index is 0.00133. The van der Waals surface area contributed by atoms with Crippen LogP contribution in [0.5, 0.6) is 11.5 Å². The van der Waals surface area contributed by atoms with E-state index >= 15 is 4.79 Å². The van der Waals surface area contributed by atoms with Crippen LogP contribution in [-0.4, -0.2) is 70.8 Å². The highest BCUT2D eigenvalue weighted by molar-refractivity contribution is 6.91. The second-order valence-corrected chi connectivity index (χ2v) is 21.4. The van der Waals surface area contributed by atoms with Gasteiger partial charge in [0.15, 0.2) is 5.60 Å². The molecule has 12 nitrogen and oxygen atoms in total. The first kappa shape index (κ1) is 40.1. The fourth-order valence-corrected chi connectivity index (χ4v) is 14.0. The Morgan fingerprint density at radius 1 is 0.885 bits per heavy atom. The summed E-state index contributed by atoms with van der Waals surface area (Å²) in [6, 6.07) is 39.2. The number of aliphatic hydroxyl groups excluding tert-OH is 1. The third-order valence-electron chi connectivity index (χ3n) is 13.1. The lowest BCUT2D eigenvalue weighted by Gasteiger charge is -2.37. The Balaban J connectivity index is 1.08. The van der Waals surface area contributed by atoms with E-state index in [4.69, 9.17) is 14.2 Å². The summed E-state index contributed by atoms with van der Waals surface area (Å²) in [5.41, 5.74) is 4.07. The molecule has 5 atom stereocenters. The number of carbonyl (C=O) groups is 1. The molecule has 0 bridgehead atoms. The summed E-state index contributed by atoms with van der Waals surface area (Å²) in [6.07, 6.45) is 2.16. The number of methoxy groups -OCH3 is 2. The number of hydrogen-bond donors (Lipinski definition) is 2. The smallest absolute Gasteiger partial charge is 0.279 e. The highest BCUT2D eigenvalue weighted by Gasteiger charge is 2.66. The highest BCUT2D eigenvalue weighted by atomic mass is 28.3. The van der Waals surface area contributed by atoms with Crippen LogP contribution in [-0.2, 0) is 28.2 Å². The maximum atomic E-state index is 15.5. The number of ether oxygens (including phenoxy) is 3. The largest absolute Gasteiger partial charge is 0.497 e. The van der Waals surface area contributed by atoms with E-state index in [9.17, 15) is 9.90 Å². The number of aryl methyl sites for hydroxylation is 1. The quantitative estimate of drug-likeness (QED) is 0.120. The van der Waals surface area contributed by atoms with Gasteiger partial charge >= 0.3 is 0 Å². The molecule has 312 valence electrons. The molecule has 5 aromatic carbocycles. The highest BCUT2D eigenvalue weighted by Crippen LogP contribution is 2.60. The van der Waals surface area contributed by atoms with Crippen molar-refractivity contribution >= 4 is 35.8 Å². The lowest BCUT2D eigenvalue weighted by Crippen LogP contribution is -2.51. The number of H-pyrrole nitrogens is 1. The van der Waals surface area contributed by atoms with Crippen LogP contribution in [0.1, 0.15) is 41.6 Å². The lowest BCUT2D eigenvalue weighted by molar-refractivity contribution is -0.146. The van der Waals surface area contributed by atoms with Crippen molar-refractivity contribution in [3.8, 4) is 17.2 Å². The lowest BCUT2D eigenvalue weighted by atomic mass is 9.82. The molecule has 9 rings (SSSR count). The van der Waals surface area contributed by atoms with E-state index in [0.29, 0.717) is 35.5 Å². The molecule has 13 heteroatoms. The zero-order valence-corrected chi connectivity index (χ0v) is 36.0. The van der Waals surface area contributed by atoms with Gasteiger partial charge in [-0.2, -0.15) is 0 Å². The second-order valence-electron chi connectivity index (χ2n) is 16.7. The Kier molecular flexibility index (Phi) is 10.5. The average molecular weight is 835 g/mol. The first-order valence-electron chi connectivity index (χ1n) is 20.7. The minimum atomic E-state index is -2.43. The Morgan fingerprint density at radius 2 is 1.62 bits per heavy atom. The van der Waals surface area contributed by atoms with Gasteiger partial charge in [0, 0.05) is 24.2 Å². The van der Waals surface area contributed by atoms with Gasteiger partial charge in [0.05, 0.1) is 75.4 Å². The number of fused-ring (bicyclic) bond motifs is 3. The summed E-state index contributed by atoms with van der Waals surface area (Å²) in [4.78, 5) is 30.8. The molecular formula is C48H50N6O6Si. The van der Waals surface area contributed by atoms with Gasteiger partial charge in [-0.05, 0) is 77.7 Å². The molecular weight excluding hydrogens is 785 g/mol. The topological polar surface area (TPSA) is 137 Å². The van der Waals surface area contributed by atoms with E-state index in [0.717, 1.165) is 33.6 Å². The van der Waals surface area contributed by atoms with E-state index < -0.39 is 13.7 Å². The first-order valence-corrected chi connectivity index (χ1v) is 23.8. The van der Waals surface area contributed by atoms with Crippen LogP contribution in [0.4, 0.5) is 5.69 Å². The summed E-state index contributed by atoms with van der Waals surface area (Å²) < 4.78 is 22.1. The number of para-hydroxylation sites is 1. The number of carbonyl (C=O) groups excluding carboxylic acids is 1. The Labute approximate surface area is 355 Å². The van der Waals surface area contributed by atoms with Crippen molar-refractivity contribution in [1.29, 1.82) is 0 Å². The number of rotatable bonds is 13. The van der Waals surface area contributed by atoms with Gasteiger partial charge in [0.1, 0.15) is 11.5 Å². The number of nitrogens with zero attached hydrogens (tertiary/aromatic N) is 5. The molecule has 0 radical (unpaired) electrons. The SMILES string of the molecule is COc1ccc([Si](C)(C)[C@@H]2[C@@H](CCn3cc(C(CO)c4ccccc4)nn3)O[C@]3(C(=O)N(Cc4cccc(-n5[nH]c6ccccc6c5=O)c4)c4ccc(OC)cc43)[C@H]2C)cc1. The van der Waals surface area contributed by atoms with Crippen molar-refractivity contribution in [2.75, 3.05) is 25.7 Å². The summed E-state index contributed by atoms with van der Waals surface area (Å²) in [7, 11) is 0.873. The first-order chi connectivity index (χ1) is 29.6. The Morgan fingerprint density at radius 3 is 2.36 bits per heavy atom. The van der Waals surface area contributed by atoms with Crippen molar-refractivity contribution < 1.29 is 24.1 Å².